The van der Waals surface area contributed by atoms with Crippen LogP contribution < -0.4 is 5.73 Å². The highest BCUT2D eigenvalue weighted by Gasteiger charge is 2.36. The van der Waals surface area contributed by atoms with Crippen LogP contribution in [0.25, 0.3) is 0 Å². The summed E-state index contributed by atoms with van der Waals surface area (Å²) < 4.78 is 12.4. The lowest BCUT2D eigenvalue weighted by Crippen LogP contribution is -2.30. The molecule has 0 aromatic heterocycles. The average molecular weight is 147 g/mol. The molecule has 1 rings (SSSR count). The zero-order valence-electron chi connectivity index (χ0n) is 5.46. The molecule has 58 valence electrons. The van der Waals surface area contributed by atoms with Gasteiger partial charge in [0.05, 0.1) is 5.92 Å². The minimum Gasteiger partial charge on any atom is -0.481 e. The molecule has 0 aromatic rings. The summed E-state index contributed by atoms with van der Waals surface area (Å²) in [5.41, 5.74) is 5.35. The quantitative estimate of drug-likeness (QED) is 0.554. The van der Waals surface area contributed by atoms with Gasteiger partial charge in [0.15, 0.2) is 0 Å². The molecule has 0 saturated heterocycles. The standard InChI is InChI=1S/C6H10FNO2/c7-3-1-4(6(9)10)5(8)2-3/h3-5H,1-2,8H2,(H,9,10). The van der Waals surface area contributed by atoms with E-state index in [1.807, 2.05) is 0 Å². The van der Waals surface area contributed by atoms with E-state index in [9.17, 15) is 9.18 Å². The van der Waals surface area contributed by atoms with Gasteiger partial charge in [0.1, 0.15) is 6.17 Å². The van der Waals surface area contributed by atoms with Crippen LogP contribution in [-0.4, -0.2) is 23.3 Å². The maximum atomic E-state index is 12.4. The van der Waals surface area contributed by atoms with Crippen molar-refractivity contribution >= 4 is 5.97 Å². The van der Waals surface area contributed by atoms with Crippen molar-refractivity contribution in [1.29, 1.82) is 0 Å². The number of rotatable bonds is 1. The zero-order chi connectivity index (χ0) is 7.72. The normalized spacial score (nSPS) is 40.0. The van der Waals surface area contributed by atoms with E-state index in [1.54, 1.807) is 0 Å². The first-order valence-corrected chi connectivity index (χ1v) is 3.23. The first-order valence-electron chi connectivity index (χ1n) is 3.23. The molecule has 0 aliphatic heterocycles. The minimum atomic E-state index is -1.02. The van der Waals surface area contributed by atoms with Gasteiger partial charge < -0.3 is 10.8 Å². The second kappa shape index (κ2) is 2.54. The molecule has 3 N–H and O–H groups in total. The van der Waals surface area contributed by atoms with Crippen LogP contribution in [-0.2, 0) is 4.79 Å². The van der Waals surface area contributed by atoms with Crippen molar-refractivity contribution in [3.8, 4) is 0 Å². The Morgan fingerprint density at radius 2 is 2.20 bits per heavy atom. The van der Waals surface area contributed by atoms with E-state index in [-0.39, 0.29) is 12.8 Å². The number of carboxylic acid groups (broad SMARTS) is 1. The molecule has 0 heterocycles. The van der Waals surface area contributed by atoms with Gasteiger partial charge in [-0.25, -0.2) is 4.39 Å². The summed E-state index contributed by atoms with van der Waals surface area (Å²) in [6.45, 7) is 0. The largest absolute Gasteiger partial charge is 0.481 e. The summed E-state index contributed by atoms with van der Waals surface area (Å²) in [7, 11) is 0. The summed E-state index contributed by atoms with van der Waals surface area (Å²) in [4.78, 5) is 10.3. The number of aliphatic carboxylic acids is 1. The molecule has 0 amide bonds. The Balaban J connectivity index is 2.54. The Kier molecular flexibility index (Phi) is 1.89. The van der Waals surface area contributed by atoms with E-state index < -0.39 is 24.1 Å². The smallest absolute Gasteiger partial charge is 0.308 e. The number of carboxylic acids is 1. The monoisotopic (exact) mass is 147 g/mol. The average Bonchev–Trinajstić information content (AvgIpc) is 2.10. The summed E-state index contributed by atoms with van der Waals surface area (Å²) in [5, 5.41) is 8.45. The van der Waals surface area contributed by atoms with Gasteiger partial charge in [0, 0.05) is 6.04 Å². The van der Waals surface area contributed by atoms with Gasteiger partial charge in [-0.1, -0.05) is 0 Å². The molecule has 10 heavy (non-hydrogen) atoms. The first-order chi connectivity index (χ1) is 4.61. The number of hydrogen-bond acceptors (Lipinski definition) is 2. The van der Waals surface area contributed by atoms with Gasteiger partial charge in [-0.05, 0) is 12.8 Å². The lowest BCUT2D eigenvalue weighted by atomic mass is 10.1. The molecule has 0 bridgehead atoms. The minimum absolute atomic E-state index is 0.0799. The molecule has 0 spiro atoms. The van der Waals surface area contributed by atoms with Gasteiger partial charge in [0.25, 0.3) is 0 Å². The van der Waals surface area contributed by atoms with Gasteiger partial charge in [-0.15, -0.1) is 0 Å². The zero-order valence-corrected chi connectivity index (χ0v) is 5.46. The van der Waals surface area contributed by atoms with Crippen molar-refractivity contribution in [2.45, 2.75) is 25.1 Å². The van der Waals surface area contributed by atoms with Gasteiger partial charge in [-0.2, -0.15) is 0 Å². The number of alkyl halides is 1. The number of carbonyl (C=O) groups is 1. The Morgan fingerprint density at radius 3 is 2.40 bits per heavy atom. The summed E-state index contributed by atoms with van der Waals surface area (Å²) in [5.74, 6) is -1.65. The third kappa shape index (κ3) is 1.26. The predicted octanol–water partition coefficient (Wildman–Crippen LogP) is 0.146. The van der Waals surface area contributed by atoms with E-state index >= 15 is 0 Å². The molecular weight excluding hydrogens is 137 g/mol. The highest BCUT2D eigenvalue weighted by atomic mass is 19.1. The van der Waals surface area contributed by atoms with Crippen molar-refractivity contribution in [3.63, 3.8) is 0 Å². The van der Waals surface area contributed by atoms with Crippen LogP contribution >= 0.6 is 0 Å². The molecule has 0 radical (unpaired) electrons. The SMILES string of the molecule is NC1CC(F)CC1C(=O)O. The fraction of sp³-hybridized carbons (Fsp3) is 0.833. The molecule has 0 aromatic carbocycles. The maximum Gasteiger partial charge on any atom is 0.308 e. The van der Waals surface area contributed by atoms with Crippen LogP contribution in [0.2, 0.25) is 0 Å². The summed E-state index contributed by atoms with van der Waals surface area (Å²) in [6.07, 6.45) is -0.746. The van der Waals surface area contributed by atoms with E-state index in [0.717, 1.165) is 0 Å². The number of hydrogen-bond donors (Lipinski definition) is 2. The molecular formula is C6H10FNO2. The van der Waals surface area contributed by atoms with Crippen molar-refractivity contribution in [2.24, 2.45) is 11.7 Å². The van der Waals surface area contributed by atoms with E-state index in [0.29, 0.717) is 0 Å². The molecule has 1 aliphatic rings. The van der Waals surface area contributed by atoms with E-state index in [4.69, 9.17) is 10.8 Å². The van der Waals surface area contributed by atoms with E-state index in [2.05, 4.69) is 0 Å². The Hall–Kier alpha value is -0.640. The van der Waals surface area contributed by atoms with E-state index in [1.165, 1.54) is 0 Å². The van der Waals surface area contributed by atoms with Crippen LogP contribution in [0, 0.1) is 5.92 Å². The highest BCUT2D eigenvalue weighted by Crippen LogP contribution is 2.26. The van der Waals surface area contributed by atoms with Crippen LogP contribution in [0.3, 0.4) is 0 Å². The number of nitrogens with two attached hydrogens (primary N) is 1. The third-order valence-electron chi connectivity index (χ3n) is 1.87. The van der Waals surface area contributed by atoms with Crippen molar-refractivity contribution in [1.82, 2.24) is 0 Å². The van der Waals surface area contributed by atoms with Gasteiger partial charge in [-0.3, -0.25) is 4.79 Å². The third-order valence-corrected chi connectivity index (χ3v) is 1.87. The van der Waals surface area contributed by atoms with Gasteiger partial charge >= 0.3 is 5.97 Å². The predicted molar refractivity (Wildman–Crippen MR) is 33.2 cm³/mol. The first kappa shape index (κ1) is 7.47. The second-order valence-electron chi connectivity index (χ2n) is 2.68. The molecule has 3 nitrogen and oxygen atoms in total. The second-order valence-corrected chi connectivity index (χ2v) is 2.68. The van der Waals surface area contributed by atoms with Crippen LogP contribution in [0.1, 0.15) is 12.8 Å². The van der Waals surface area contributed by atoms with Crippen molar-refractivity contribution < 1.29 is 14.3 Å². The fourth-order valence-corrected chi connectivity index (χ4v) is 1.29. The lowest BCUT2D eigenvalue weighted by molar-refractivity contribution is -0.142. The Labute approximate surface area is 58.0 Å². The molecule has 1 aliphatic carbocycles. The van der Waals surface area contributed by atoms with Crippen molar-refractivity contribution in [2.75, 3.05) is 0 Å². The fourth-order valence-electron chi connectivity index (χ4n) is 1.29. The van der Waals surface area contributed by atoms with Gasteiger partial charge in [0.2, 0.25) is 0 Å². The molecule has 1 saturated carbocycles. The lowest BCUT2D eigenvalue weighted by Gasteiger charge is -2.07. The topological polar surface area (TPSA) is 63.3 Å². The Bertz CT molecular complexity index is 151. The maximum absolute atomic E-state index is 12.4. The summed E-state index contributed by atoms with van der Waals surface area (Å²) >= 11 is 0. The summed E-state index contributed by atoms with van der Waals surface area (Å²) in [6, 6.07) is -0.493. The molecule has 4 heteroatoms. The molecule has 3 unspecified atom stereocenters. The van der Waals surface area contributed by atoms with Crippen LogP contribution in [0.15, 0.2) is 0 Å². The number of halogens is 1. The molecule has 3 atom stereocenters. The van der Waals surface area contributed by atoms with Crippen molar-refractivity contribution in [3.05, 3.63) is 0 Å². The van der Waals surface area contributed by atoms with Crippen LogP contribution in [0.5, 0.6) is 0 Å². The molecule has 1 fully saturated rings. The Morgan fingerprint density at radius 1 is 1.60 bits per heavy atom. The van der Waals surface area contributed by atoms with Crippen LogP contribution in [0.4, 0.5) is 4.39 Å². The highest BCUT2D eigenvalue weighted by molar-refractivity contribution is 5.71.